The molecule has 0 fully saturated rings. The van der Waals surface area contributed by atoms with E-state index in [9.17, 15) is 9.59 Å². The number of amides is 2. The number of nitrogens with zero attached hydrogens (tertiary/aromatic N) is 3. The van der Waals surface area contributed by atoms with Crippen LogP contribution < -0.4 is 10.1 Å². The Balaban J connectivity index is 1.80. The largest absolute Gasteiger partial charge is 0.497 e. The minimum atomic E-state index is -0.278. The first-order valence-corrected chi connectivity index (χ1v) is 8.14. The van der Waals surface area contributed by atoms with E-state index in [1.165, 1.54) is 16.7 Å². The third-order valence-corrected chi connectivity index (χ3v) is 3.89. The molecule has 1 heterocycles. The monoisotopic (exact) mass is 346 g/mol. The Kier molecular flexibility index (Phi) is 6.56. The summed E-state index contributed by atoms with van der Waals surface area (Å²) in [5, 5.41) is 3.26. The summed E-state index contributed by atoms with van der Waals surface area (Å²) in [5.41, 5.74) is 0.618. The van der Waals surface area contributed by atoms with Gasteiger partial charge in [-0.15, -0.1) is 0 Å². The van der Waals surface area contributed by atoms with E-state index in [1.54, 1.807) is 56.9 Å². The Morgan fingerprint density at radius 1 is 1.25 bits per heavy atom. The smallest absolute Gasteiger partial charge is 0.243 e. The maximum atomic E-state index is 12.1. The molecule has 0 aliphatic rings. The normalized spacial score (nSPS) is 10.1. The van der Waals surface area contributed by atoms with Gasteiger partial charge in [0.1, 0.15) is 5.75 Å². The Bertz CT molecular complexity index is 697. The van der Waals surface area contributed by atoms with Gasteiger partial charge in [-0.1, -0.05) is 17.8 Å². The lowest BCUT2D eigenvalue weighted by Gasteiger charge is -2.16. The molecule has 0 radical (unpaired) electrons. The number of hydrogen-bond donors (Lipinski definition) is 1. The number of benzene rings is 1. The number of aromatic nitrogens is 2. The van der Waals surface area contributed by atoms with Crippen molar-refractivity contribution in [2.24, 2.45) is 0 Å². The van der Waals surface area contributed by atoms with Crippen LogP contribution in [0.3, 0.4) is 0 Å². The van der Waals surface area contributed by atoms with E-state index < -0.39 is 0 Å². The van der Waals surface area contributed by atoms with E-state index in [2.05, 4.69) is 15.3 Å². The van der Waals surface area contributed by atoms with Crippen LogP contribution in [0.2, 0.25) is 0 Å². The lowest BCUT2D eigenvalue weighted by atomic mass is 10.3. The molecule has 8 heteroatoms. The number of hydrogen-bond acceptors (Lipinski definition) is 6. The van der Waals surface area contributed by atoms with Crippen molar-refractivity contribution >= 4 is 29.3 Å². The Hall–Kier alpha value is -2.61. The summed E-state index contributed by atoms with van der Waals surface area (Å²) in [7, 11) is 3.14. The number of likely N-dealkylation sites (N-methyl/N-ethyl adjacent to an activating group) is 1. The Morgan fingerprint density at radius 3 is 2.71 bits per heavy atom. The Morgan fingerprint density at radius 2 is 2.00 bits per heavy atom. The molecule has 0 bridgehead atoms. The van der Waals surface area contributed by atoms with Crippen LogP contribution >= 0.6 is 11.8 Å². The zero-order chi connectivity index (χ0) is 17.4. The van der Waals surface area contributed by atoms with Crippen LogP contribution in [0.4, 0.5) is 5.69 Å². The highest BCUT2D eigenvalue weighted by Crippen LogP contribution is 2.16. The predicted molar refractivity (Wildman–Crippen MR) is 92.0 cm³/mol. The second-order valence-electron chi connectivity index (χ2n) is 4.85. The van der Waals surface area contributed by atoms with E-state index in [0.29, 0.717) is 16.6 Å². The first-order valence-electron chi connectivity index (χ1n) is 7.16. The highest BCUT2D eigenvalue weighted by Gasteiger charge is 2.14. The van der Waals surface area contributed by atoms with Crippen molar-refractivity contribution in [3.05, 3.63) is 42.7 Å². The van der Waals surface area contributed by atoms with Crippen LogP contribution in [0.1, 0.15) is 0 Å². The molecule has 0 saturated carbocycles. The minimum absolute atomic E-state index is 0.0355. The lowest BCUT2D eigenvalue weighted by molar-refractivity contribution is -0.131. The van der Waals surface area contributed by atoms with Crippen LogP contribution in [-0.4, -0.2) is 53.1 Å². The van der Waals surface area contributed by atoms with Crippen molar-refractivity contribution in [1.82, 2.24) is 14.9 Å². The summed E-state index contributed by atoms with van der Waals surface area (Å²) < 4.78 is 5.10. The van der Waals surface area contributed by atoms with Gasteiger partial charge in [-0.3, -0.25) is 9.59 Å². The molecule has 7 nitrogen and oxygen atoms in total. The van der Waals surface area contributed by atoms with E-state index in [0.717, 1.165) is 0 Å². The molecule has 0 aliphatic heterocycles. The average Bonchev–Trinajstić information content (AvgIpc) is 2.60. The number of carbonyl (C=O) groups excluding carboxylic acids is 2. The second kappa shape index (κ2) is 8.88. The summed E-state index contributed by atoms with van der Waals surface area (Å²) >= 11 is 1.23. The standard InChI is InChI=1S/C16H18N4O3S/c1-20(15(22)11-24-16-17-7-4-8-18-16)10-14(21)19-12-5-3-6-13(9-12)23-2/h3-9H,10-11H2,1-2H3,(H,19,21). The topological polar surface area (TPSA) is 84.4 Å². The van der Waals surface area contributed by atoms with Gasteiger partial charge in [-0.2, -0.15) is 0 Å². The second-order valence-corrected chi connectivity index (χ2v) is 5.79. The number of methoxy groups -OCH3 is 1. The van der Waals surface area contributed by atoms with E-state index >= 15 is 0 Å². The third kappa shape index (κ3) is 5.54. The highest BCUT2D eigenvalue weighted by molar-refractivity contribution is 7.99. The molecular weight excluding hydrogens is 328 g/mol. The molecule has 2 rings (SSSR count). The summed E-state index contributed by atoms with van der Waals surface area (Å²) in [6.07, 6.45) is 3.23. The molecule has 0 saturated heterocycles. The number of thioether (sulfide) groups is 1. The van der Waals surface area contributed by atoms with Gasteiger partial charge in [0.05, 0.1) is 19.4 Å². The maximum Gasteiger partial charge on any atom is 0.243 e. The lowest BCUT2D eigenvalue weighted by Crippen LogP contribution is -2.36. The van der Waals surface area contributed by atoms with Crippen LogP contribution in [0, 0.1) is 0 Å². The number of ether oxygens (including phenoxy) is 1. The number of nitrogens with one attached hydrogen (secondary N) is 1. The fourth-order valence-corrected chi connectivity index (χ4v) is 2.55. The van der Waals surface area contributed by atoms with Crippen LogP contribution in [0.5, 0.6) is 5.75 Å². The van der Waals surface area contributed by atoms with Crippen molar-refractivity contribution < 1.29 is 14.3 Å². The number of carbonyl (C=O) groups is 2. The van der Waals surface area contributed by atoms with Gasteiger partial charge in [-0.25, -0.2) is 9.97 Å². The van der Waals surface area contributed by atoms with Crippen molar-refractivity contribution in [1.29, 1.82) is 0 Å². The van der Waals surface area contributed by atoms with Gasteiger partial charge >= 0.3 is 0 Å². The molecule has 0 atom stereocenters. The van der Waals surface area contributed by atoms with Crippen molar-refractivity contribution in [3.63, 3.8) is 0 Å². The SMILES string of the molecule is COc1cccc(NC(=O)CN(C)C(=O)CSc2ncccn2)c1. The molecule has 2 amide bonds. The number of rotatable bonds is 7. The van der Waals surface area contributed by atoms with Gasteiger partial charge in [-0.05, 0) is 18.2 Å². The predicted octanol–water partition coefficient (Wildman–Crippen LogP) is 1.67. The molecule has 2 aromatic rings. The van der Waals surface area contributed by atoms with Gasteiger partial charge in [0.25, 0.3) is 0 Å². The zero-order valence-corrected chi connectivity index (χ0v) is 14.2. The van der Waals surface area contributed by atoms with Gasteiger partial charge in [0, 0.05) is 31.2 Å². The van der Waals surface area contributed by atoms with Crippen LogP contribution in [-0.2, 0) is 9.59 Å². The van der Waals surface area contributed by atoms with E-state index in [1.807, 2.05) is 0 Å². The molecule has 1 N–H and O–H groups in total. The van der Waals surface area contributed by atoms with Gasteiger partial charge < -0.3 is 15.0 Å². The first-order chi connectivity index (χ1) is 11.6. The minimum Gasteiger partial charge on any atom is -0.497 e. The summed E-state index contributed by atoms with van der Waals surface area (Å²) in [6.45, 7) is -0.0355. The van der Waals surface area contributed by atoms with E-state index in [-0.39, 0.29) is 24.1 Å². The molecule has 126 valence electrons. The van der Waals surface area contributed by atoms with Crippen LogP contribution in [0.25, 0.3) is 0 Å². The van der Waals surface area contributed by atoms with Crippen molar-refractivity contribution in [2.45, 2.75) is 5.16 Å². The molecule has 0 spiro atoms. The molecule has 1 aromatic carbocycles. The third-order valence-electron chi connectivity index (χ3n) is 3.03. The fraction of sp³-hybridized carbons (Fsp3) is 0.250. The fourth-order valence-electron chi connectivity index (χ4n) is 1.80. The average molecular weight is 346 g/mol. The van der Waals surface area contributed by atoms with Crippen molar-refractivity contribution in [2.75, 3.05) is 31.8 Å². The summed E-state index contributed by atoms with van der Waals surface area (Å²) in [5.74, 6) is 0.372. The molecule has 0 unspecified atom stereocenters. The summed E-state index contributed by atoms with van der Waals surface area (Å²) in [4.78, 5) is 33.5. The van der Waals surface area contributed by atoms with Gasteiger partial charge in [0.15, 0.2) is 5.16 Å². The maximum absolute atomic E-state index is 12.1. The first kappa shape index (κ1) is 17.7. The van der Waals surface area contributed by atoms with Gasteiger partial charge in [0.2, 0.25) is 11.8 Å². The molecular formula is C16H18N4O3S. The van der Waals surface area contributed by atoms with Crippen molar-refractivity contribution in [3.8, 4) is 5.75 Å². The zero-order valence-electron chi connectivity index (χ0n) is 13.4. The quantitative estimate of drug-likeness (QED) is 0.606. The Labute approximate surface area is 144 Å². The summed E-state index contributed by atoms with van der Waals surface area (Å²) in [6, 6.07) is 8.74. The highest BCUT2D eigenvalue weighted by atomic mass is 32.2. The van der Waals surface area contributed by atoms with Crippen LogP contribution in [0.15, 0.2) is 47.9 Å². The molecule has 1 aromatic heterocycles. The number of anilines is 1. The molecule has 0 aliphatic carbocycles. The van der Waals surface area contributed by atoms with E-state index in [4.69, 9.17) is 4.74 Å². The molecule has 24 heavy (non-hydrogen) atoms.